The molecule has 0 N–H and O–H groups in total. The fraction of sp³-hybridized carbons (Fsp3) is 0.304. The smallest absolute Gasteiger partial charge is 0.220 e. The second-order valence-electron chi connectivity index (χ2n) is 8.59. The van der Waals surface area contributed by atoms with E-state index in [1.807, 2.05) is 0 Å². The summed E-state index contributed by atoms with van der Waals surface area (Å²) in [6.45, 7) is 1.74. The van der Waals surface area contributed by atoms with E-state index in [2.05, 4.69) is 30.2 Å². The lowest BCUT2D eigenvalue weighted by atomic mass is 9.58. The first-order chi connectivity index (χ1) is 16.0. The highest BCUT2D eigenvalue weighted by atomic mass is 19.1. The van der Waals surface area contributed by atoms with Gasteiger partial charge in [0.2, 0.25) is 0 Å². The third kappa shape index (κ3) is 2.96. The van der Waals surface area contributed by atoms with E-state index >= 15 is 4.39 Å². The molecule has 3 aliphatic carbocycles. The van der Waals surface area contributed by atoms with Gasteiger partial charge in [-0.15, -0.1) is 10.2 Å². The lowest BCUT2D eigenvalue weighted by Crippen LogP contribution is -2.42. The molecule has 0 radical (unpaired) electrons. The Labute approximate surface area is 186 Å². The zero-order chi connectivity index (χ0) is 22.7. The van der Waals surface area contributed by atoms with E-state index in [1.54, 1.807) is 13.0 Å². The van der Waals surface area contributed by atoms with Crippen LogP contribution in [0.3, 0.4) is 0 Å². The van der Waals surface area contributed by atoms with Gasteiger partial charge >= 0.3 is 0 Å². The molecule has 0 unspecified atom stereocenters. The average molecular weight is 449 g/mol. The van der Waals surface area contributed by atoms with Gasteiger partial charge in [-0.2, -0.15) is 9.78 Å². The monoisotopic (exact) mass is 449 g/mol. The van der Waals surface area contributed by atoms with Crippen LogP contribution in [-0.2, 0) is 5.41 Å². The maximum atomic E-state index is 15.2. The normalized spacial score (nSPS) is 21.3. The zero-order valence-electron chi connectivity index (χ0n) is 17.6. The first kappa shape index (κ1) is 20.0. The predicted octanol–water partition coefficient (Wildman–Crippen LogP) is 4.20. The van der Waals surface area contributed by atoms with Crippen molar-refractivity contribution in [2.75, 3.05) is 0 Å². The molecule has 1 fully saturated rings. The number of rotatable bonds is 3. The third-order valence-electron chi connectivity index (χ3n) is 6.77. The third-order valence-corrected chi connectivity index (χ3v) is 6.77. The van der Waals surface area contributed by atoms with Crippen LogP contribution in [-0.4, -0.2) is 34.9 Å². The maximum Gasteiger partial charge on any atom is 0.252 e. The van der Waals surface area contributed by atoms with E-state index in [0.29, 0.717) is 24.4 Å². The molecular weight excluding hydrogens is 431 g/mol. The maximum absolute atomic E-state index is 15.2. The lowest BCUT2D eigenvalue weighted by molar-refractivity contribution is 0.255. The van der Waals surface area contributed by atoms with Crippen LogP contribution < -0.4 is 0 Å². The van der Waals surface area contributed by atoms with Crippen molar-refractivity contribution in [2.45, 2.75) is 43.9 Å². The van der Waals surface area contributed by atoms with Crippen LogP contribution in [0.1, 0.15) is 54.4 Å². The van der Waals surface area contributed by atoms with Crippen LogP contribution in [0.4, 0.5) is 13.2 Å². The summed E-state index contributed by atoms with van der Waals surface area (Å²) in [5.41, 5.74) is 0.828. The van der Waals surface area contributed by atoms with Crippen molar-refractivity contribution in [1.82, 2.24) is 34.9 Å². The molecule has 3 aliphatic rings. The molecule has 1 aromatic carbocycles. The van der Waals surface area contributed by atoms with Gasteiger partial charge in [0.05, 0.1) is 34.3 Å². The Balaban J connectivity index is 1.51. The fourth-order valence-corrected chi connectivity index (χ4v) is 5.21. The van der Waals surface area contributed by atoms with E-state index < -0.39 is 22.9 Å². The molecule has 0 atom stereocenters. The summed E-state index contributed by atoms with van der Waals surface area (Å²) in [6.07, 6.45) is 5.50. The molecule has 10 heteroatoms. The standard InChI is InChI=1S/C23H18F3N7/c1-12-28-11-33(32-12)22-27-10-17(26)21(29-22)23-7-5-13(6-8-23)14-9-18(30-31-20(14)23)19-15(24)3-2-4-16(19)25/h2-4,9-11,13H,5-8H2,1H3. The number of halogens is 3. The quantitative estimate of drug-likeness (QED) is 0.466. The fourth-order valence-electron chi connectivity index (χ4n) is 5.21. The molecule has 33 heavy (non-hydrogen) atoms. The summed E-state index contributed by atoms with van der Waals surface area (Å²) < 4.78 is 45.3. The number of hydrogen-bond acceptors (Lipinski definition) is 6. The van der Waals surface area contributed by atoms with Crippen LogP contribution in [0.5, 0.6) is 0 Å². The van der Waals surface area contributed by atoms with Gasteiger partial charge in [0, 0.05) is 0 Å². The van der Waals surface area contributed by atoms with Crippen molar-refractivity contribution < 1.29 is 13.2 Å². The van der Waals surface area contributed by atoms with Crippen molar-refractivity contribution >= 4 is 0 Å². The van der Waals surface area contributed by atoms with Gasteiger partial charge in [-0.05, 0) is 62.3 Å². The molecule has 0 saturated heterocycles. The molecule has 1 saturated carbocycles. The summed E-state index contributed by atoms with van der Waals surface area (Å²) in [6, 6.07) is 5.39. The molecule has 0 aliphatic heterocycles. The van der Waals surface area contributed by atoms with E-state index in [-0.39, 0.29) is 28.8 Å². The topological polar surface area (TPSA) is 82.3 Å². The second-order valence-corrected chi connectivity index (χ2v) is 8.59. The number of hydrogen-bond donors (Lipinski definition) is 0. The molecule has 7 rings (SSSR count). The van der Waals surface area contributed by atoms with Gasteiger partial charge < -0.3 is 0 Å². The highest BCUT2D eigenvalue weighted by Crippen LogP contribution is 2.55. The van der Waals surface area contributed by atoms with Gasteiger partial charge in [0.25, 0.3) is 5.95 Å². The first-order valence-corrected chi connectivity index (χ1v) is 10.7. The SMILES string of the molecule is Cc1ncn(-c2ncc(F)c(C34CCC(CC3)c3cc(-c5c(F)cccc5F)nnc34)n2)n1. The number of aryl methyl sites for hydroxylation is 1. The average Bonchev–Trinajstić information content (AvgIpc) is 3.26. The van der Waals surface area contributed by atoms with Crippen molar-refractivity contribution in [3.8, 4) is 17.2 Å². The molecule has 3 heterocycles. The number of nitrogens with zero attached hydrogens (tertiary/aromatic N) is 7. The molecule has 7 nitrogen and oxygen atoms in total. The van der Waals surface area contributed by atoms with Gasteiger partial charge in [0.1, 0.15) is 23.8 Å². The molecule has 3 aromatic heterocycles. The summed E-state index contributed by atoms with van der Waals surface area (Å²) in [5, 5.41) is 12.8. The number of fused-ring (bicyclic) bond motifs is 2. The molecule has 166 valence electrons. The van der Waals surface area contributed by atoms with E-state index in [1.165, 1.54) is 29.2 Å². The molecule has 0 spiro atoms. The van der Waals surface area contributed by atoms with E-state index in [9.17, 15) is 8.78 Å². The molecular formula is C23H18F3N7. The minimum atomic E-state index is -0.791. The van der Waals surface area contributed by atoms with Crippen molar-refractivity contribution in [2.24, 2.45) is 0 Å². The van der Waals surface area contributed by atoms with Gasteiger partial charge in [-0.3, -0.25) is 0 Å². The largest absolute Gasteiger partial charge is 0.252 e. The van der Waals surface area contributed by atoms with Crippen LogP contribution in [0.25, 0.3) is 17.2 Å². The second kappa shape index (κ2) is 7.16. The van der Waals surface area contributed by atoms with Crippen LogP contribution in [0.15, 0.2) is 36.8 Å². The minimum Gasteiger partial charge on any atom is -0.220 e. The minimum absolute atomic E-state index is 0.133. The van der Waals surface area contributed by atoms with E-state index in [4.69, 9.17) is 0 Å². The highest BCUT2D eigenvalue weighted by Gasteiger charge is 2.50. The summed E-state index contributed by atoms with van der Waals surface area (Å²) in [4.78, 5) is 12.7. The molecule has 0 amide bonds. The van der Waals surface area contributed by atoms with Crippen LogP contribution in [0.2, 0.25) is 0 Å². The number of benzene rings is 1. The van der Waals surface area contributed by atoms with Crippen LogP contribution in [0, 0.1) is 24.4 Å². The Hall–Kier alpha value is -3.69. The highest BCUT2D eigenvalue weighted by molar-refractivity contribution is 5.62. The van der Waals surface area contributed by atoms with Gasteiger partial charge in [-0.25, -0.2) is 28.1 Å². The summed E-state index contributed by atoms with van der Waals surface area (Å²) in [7, 11) is 0. The Morgan fingerprint density at radius 2 is 1.73 bits per heavy atom. The lowest BCUT2D eigenvalue weighted by Gasteiger charge is -2.46. The van der Waals surface area contributed by atoms with E-state index in [0.717, 1.165) is 24.6 Å². The predicted molar refractivity (Wildman–Crippen MR) is 111 cm³/mol. The Bertz CT molecular complexity index is 1370. The molecule has 2 bridgehead atoms. The van der Waals surface area contributed by atoms with Crippen molar-refractivity contribution in [1.29, 1.82) is 0 Å². The first-order valence-electron chi connectivity index (χ1n) is 10.7. The summed E-state index contributed by atoms with van der Waals surface area (Å²) >= 11 is 0. The van der Waals surface area contributed by atoms with Crippen LogP contribution >= 0.6 is 0 Å². The Morgan fingerprint density at radius 1 is 0.970 bits per heavy atom. The van der Waals surface area contributed by atoms with Crippen molar-refractivity contribution in [3.05, 3.63) is 77.0 Å². The van der Waals surface area contributed by atoms with Gasteiger partial charge in [-0.1, -0.05) is 6.07 Å². The Morgan fingerprint density at radius 3 is 2.42 bits per heavy atom. The van der Waals surface area contributed by atoms with Crippen molar-refractivity contribution in [3.63, 3.8) is 0 Å². The van der Waals surface area contributed by atoms with Gasteiger partial charge in [0.15, 0.2) is 5.82 Å². The molecule has 4 aromatic rings. The Kier molecular flexibility index (Phi) is 4.33. The summed E-state index contributed by atoms with van der Waals surface area (Å²) in [5.74, 6) is -0.996. The zero-order valence-corrected chi connectivity index (χ0v) is 17.6. The number of aromatic nitrogens is 7.